The molecule has 0 saturated carbocycles. The predicted molar refractivity (Wildman–Crippen MR) is 124 cm³/mol. The van der Waals surface area contributed by atoms with Gasteiger partial charge in [-0.15, -0.1) is 0 Å². The number of carbonyl (C=O) groups is 1. The molecular formula is C22H20Cl2N2O4S. The van der Waals surface area contributed by atoms with Gasteiger partial charge in [-0.1, -0.05) is 41.4 Å². The molecule has 0 aliphatic carbocycles. The van der Waals surface area contributed by atoms with Crippen LogP contribution in [0.3, 0.4) is 0 Å². The molecule has 0 unspecified atom stereocenters. The van der Waals surface area contributed by atoms with E-state index in [1.165, 1.54) is 34.6 Å². The number of para-hydroxylation sites is 1. The first-order chi connectivity index (χ1) is 14.8. The van der Waals surface area contributed by atoms with Gasteiger partial charge in [0.05, 0.1) is 15.6 Å². The molecule has 1 amide bonds. The van der Waals surface area contributed by atoms with Crippen molar-refractivity contribution in [1.29, 1.82) is 0 Å². The number of hydrogen-bond donors (Lipinski definition) is 1. The first-order valence-corrected chi connectivity index (χ1v) is 11.6. The quantitative estimate of drug-likeness (QED) is 0.480. The number of ether oxygens (including phenoxy) is 1. The summed E-state index contributed by atoms with van der Waals surface area (Å²) in [6.07, 6.45) is 0. The van der Waals surface area contributed by atoms with Crippen LogP contribution in [0, 0.1) is 0 Å². The van der Waals surface area contributed by atoms with E-state index < -0.39 is 15.9 Å². The smallest absolute Gasteiger partial charge is 0.264 e. The summed E-state index contributed by atoms with van der Waals surface area (Å²) in [5.74, 6) is -0.0793. The Morgan fingerprint density at radius 2 is 1.68 bits per heavy atom. The third-order valence-corrected chi connectivity index (χ3v) is 6.76. The van der Waals surface area contributed by atoms with Crippen LogP contribution >= 0.6 is 23.2 Å². The molecule has 0 radical (unpaired) electrons. The van der Waals surface area contributed by atoms with Crippen LogP contribution in [-0.4, -0.2) is 27.5 Å². The summed E-state index contributed by atoms with van der Waals surface area (Å²) >= 11 is 11.8. The highest BCUT2D eigenvalue weighted by molar-refractivity contribution is 7.92. The van der Waals surface area contributed by atoms with Crippen molar-refractivity contribution in [3.05, 3.63) is 82.8 Å². The normalized spacial score (nSPS) is 11.1. The molecule has 3 rings (SSSR count). The van der Waals surface area contributed by atoms with Crippen LogP contribution in [0.25, 0.3) is 0 Å². The molecule has 31 heavy (non-hydrogen) atoms. The highest BCUT2D eigenvalue weighted by atomic mass is 35.5. The maximum absolute atomic E-state index is 13.0. The second-order valence-electron chi connectivity index (χ2n) is 6.44. The van der Waals surface area contributed by atoms with Gasteiger partial charge in [0.2, 0.25) is 0 Å². The minimum atomic E-state index is -3.73. The fourth-order valence-electron chi connectivity index (χ4n) is 2.86. The SMILES string of the molecule is CCN(c1ccccc1)S(=O)(=O)c1ccc(NC(=O)COc2ccc(Cl)cc2Cl)cc1. The molecule has 9 heteroatoms. The van der Waals surface area contributed by atoms with Crippen molar-refractivity contribution >= 4 is 50.5 Å². The molecule has 0 heterocycles. The van der Waals surface area contributed by atoms with E-state index in [1.807, 2.05) is 6.07 Å². The lowest BCUT2D eigenvalue weighted by molar-refractivity contribution is -0.118. The Hall–Kier alpha value is -2.74. The zero-order chi connectivity index (χ0) is 22.4. The van der Waals surface area contributed by atoms with Crippen LogP contribution in [0.4, 0.5) is 11.4 Å². The number of anilines is 2. The molecule has 3 aromatic carbocycles. The number of hydrogen-bond acceptors (Lipinski definition) is 4. The second kappa shape index (κ2) is 10.0. The number of benzene rings is 3. The molecule has 0 fully saturated rings. The van der Waals surface area contributed by atoms with Gasteiger partial charge in [0, 0.05) is 17.3 Å². The van der Waals surface area contributed by atoms with Crippen LogP contribution in [0.15, 0.2) is 77.7 Å². The zero-order valence-electron chi connectivity index (χ0n) is 16.6. The average Bonchev–Trinajstić information content (AvgIpc) is 2.74. The summed E-state index contributed by atoms with van der Waals surface area (Å²) in [5.41, 5.74) is 1.03. The molecule has 162 valence electrons. The van der Waals surface area contributed by atoms with Gasteiger partial charge in [0.15, 0.2) is 6.61 Å². The maximum Gasteiger partial charge on any atom is 0.264 e. The standard InChI is InChI=1S/C22H20Cl2N2O4S/c1-2-26(18-6-4-3-5-7-18)31(28,29)19-11-9-17(10-12-19)25-22(27)15-30-21-13-8-16(23)14-20(21)24/h3-14H,2,15H2,1H3,(H,25,27). The number of sulfonamides is 1. The Kier molecular flexibility index (Phi) is 7.43. The minimum Gasteiger partial charge on any atom is -0.482 e. The molecule has 6 nitrogen and oxygen atoms in total. The first-order valence-electron chi connectivity index (χ1n) is 9.37. The molecule has 3 aromatic rings. The van der Waals surface area contributed by atoms with Crippen LogP contribution < -0.4 is 14.4 Å². The molecule has 0 aliphatic rings. The van der Waals surface area contributed by atoms with Crippen molar-refractivity contribution < 1.29 is 17.9 Å². The van der Waals surface area contributed by atoms with Gasteiger partial charge in [-0.05, 0) is 61.5 Å². The number of carbonyl (C=O) groups excluding carboxylic acids is 1. The first kappa shape index (κ1) is 22.9. The Labute approximate surface area is 191 Å². The van der Waals surface area contributed by atoms with E-state index in [9.17, 15) is 13.2 Å². The zero-order valence-corrected chi connectivity index (χ0v) is 18.9. The van der Waals surface area contributed by atoms with Crippen molar-refractivity contribution in [3.63, 3.8) is 0 Å². The number of halogens is 2. The molecule has 0 bridgehead atoms. The van der Waals surface area contributed by atoms with Gasteiger partial charge in [0.25, 0.3) is 15.9 Å². The highest BCUT2D eigenvalue weighted by Gasteiger charge is 2.23. The van der Waals surface area contributed by atoms with Gasteiger partial charge in [-0.3, -0.25) is 9.10 Å². The highest BCUT2D eigenvalue weighted by Crippen LogP contribution is 2.27. The number of nitrogens with zero attached hydrogens (tertiary/aromatic N) is 1. The van der Waals surface area contributed by atoms with E-state index in [-0.39, 0.29) is 18.0 Å². The fourth-order valence-corrected chi connectivity index (χ4v) is 4.79. The van der Waals surface area contributed by atoms with E-state index in [0.717, 1.165) is 0 Å². The van der Waals surface area contributed by atoms with E-state index in [1.54, 1.807) is 43.3 Å². The topological polar surface area (TPSA) is 75.7 Å². The molecular weight excluding hydrogens is 459 g/mol. The average molecular weight is 479 g/mol. The summed E-state index contributed by atoms with van der Waals surface area (Å²) in [6, 6.07) is 19.5. The van der Waals surface area contributed by atoms with Gasteiger partial charge >= 0.3 is 0 Å². The lowest BCUT2D eigenvalue weighted by Gasteiger charge is -2.23. The number of nitrogens with one attached hydrogen (secondary N) is 1. The molecule has 0 aliphatic heterocycles. The number of amides is 1. The number of rotatable bonds is 8. The summed E-state index contributed by atoms with van der Waals surface area (Å²) in [5, 5.41) is 3.42. The van der Waals surface area contributed by atoms with Crippen LogP contribution in [-0.2, 0) is 14.8 Å². The molecule has 0 spiro atoms. The van der Waals surface area contributed by atoms with E-state index in [4.69, 9.17) is 27.9 Å². The van der Waals surface area contributed by atoms with Crippen molar-refractivity contribution in [3.8, 4) is 5.75 Å². The third kappa shape index (κ3) is 5.70. The maximum atomic E-state index is 13.0. The van der Waals surface area contributed by atoms with Crippen LogP contribution in [0.5, 0.6) is 5.75 Å². The van der Waals surface area contributed by atoms with Gasteiger partial charge in [-0.2, -0.15) is 0 Å². The van der Waals surface area contributed by atoms with Crippen molar-refractivity contribution in [1.82, 2.24) is 0 Å². The molecule has 0 aromatic heterocycles. The van der Waals surface area contributed by atoms with E-state index >= 15 is 0 Å². The van der Waals surface area contributed by atoms with Gasteiger partial charge in [0.1, 0.15) is 5.75 Å². The summed E-state index contributed by atoms with van der Waals surface area (Å²) in [4.78, 5) is 12.3. The van der Waals surface area contributed by atoms with Crippen molar-refractivity contribution in [2.45, 2.75) is 11.8 Å². The molecule has 0 saturated heterocycles. The lowest BCUT2D eigenvalue weighted by atomic mass is 10.3. The Balaban J connectivity index is 1.66. The summed E-state index contributed by atoms with van der Waals surface area (Å²) in [6.45, 7) is 1.79. The third-order valence-electron chi connectivity index (χ3n) is 4.31. The Morgan fingerprint density at radius 3 is 2.29 bits per heavy atom. The largest absolute Gasteiger partial charge is 0.482 e. The van der Waals surface area contributed by atoms with Crippen LogP contribution in [0.1, 0.15) is 6.92 Å². The van der Waals surface area contributed by atoms with Gasteiger partial charge < -0.3 is 10.1 Å². The van der Waals surface area contributed by atoms with E-state index in [0.29, 0.717) is 27.2 Å². The Morgan fingerprint density at radius 1 is 1.00 bits per heavy atom. The van der Waals surface area contributed by atoms with Gasteiger partial charge in [-0.25, -0.2) is 8.42 Å². The summed E-state index contributed by atoms with van der Waals surface area (Å²) < 4.78 is 32.7. The monoisotopic (exact) mass is 478 g/mol. The molecule has 0 atom stereocenters. The second-order valence-corrected chi connectivity index (χ2v) is 9.15. The molecule has 1 N–H and O–H groups in total. The Bertz CT molecular complexity index is 1150. The van der Waals surface area contributed by atoms with Crippen LogP contribution in [0.2, 0.25) is 10.0 Å². The minimum absolute atomic E-state index is 0.125. The lowest BCUT2D eigenvalue weighted by Crippen LogP contribution is -2.30. The fraction of sp³-hybridized carbons (Fsp3) is 0.136. The van der Waals surface area contributed by atoms with Crippen molar-refractivity contribution in [2.75, 3.05) is 22.8 Å². The van der Waals surface area contributed by atoms with E-state index in [2.05, 4.69) is 5.32 Å². The van der Waals surface area contributed by atoms with Crippen molar-refractivity contribution in [2.24, 2.45) is 0 Å². The summed E-state index contributed by atoms with van der Waals surface area (Å²) in [7, 11) is -3.73. The predicted octanol–water partition coefficient (Wildman–Crippen LogP) is 5.23.